The molecule has 0 atom stereocenters. The number of carbonyl (C=O) groups is 1. The highest BCUT2D eigenvalue weighted by Gasteiger charge is 2.54. The summed E-state index contributed by atoms with van der Waals surface area (Å²) in [5.74, 6) is 0.422. The standard InChI is InChI=1S/C14H17NO/c1-10(2)15-8-14(9-15)12-6-4-3-5-11(12)7-13(14)16/h3-6,10H,7-9H2,1-2H3. The Labute approximate surface area is 96.3 Å². The summed E-state index contributed by atoms with van der Waals surface area (Å²) in [4.78, 5) is 14.6. The van der Waals surface area contributed by atoms with Crippen molar-refractivity contribution in [1.29, 1.82) is 0 Å². The highest BCUT2D eigenvalue weighted by atomic mass is 16.1. The molecule has 16 heavy (non-hydrogen) atoms. The van der Waals surface area contributed by atoms with Crippen LogP contribution in [0.15, 0.2) is 24.3 Å². The summed E-state index contributed by atoms with van der Waals surface area (Å²) in [7, 11) is 0. The van der Waals surface area contributed by atoms with Gasteiger partial charge < -0.3 is 0 Å². The number of carbonyl (C=O) groups excluding carboxylic acids is 1. The molecule has 1 aliphatic heterocycles. The second-order valence-corrected chi connectivity index (χ2v) is 5.34. The molecule has 0 bridgehead atoms. The van der Waals surface area contributed by atoms with E-state index >= 15 is 0 Å². The van der Waals surface area contributed by atoms with Gasteiger partial charge in [-0.05, 0) is 25.0 Å². The molecule has 3 rings (SSSR count). The van der Waals surface area contributed by atoms with Gasteiger partial charge in [0.1, 0.15) is 5.78 Å². The smallest absolute Gasteiger partial charge is 0.150 e. The topological polar surface area (TPSA) is 20.3 Å². The minimum absolute atomic E-state index is 0.152. The van der Waals surface area contributed by atoms with Crippen molar-refractivity contribution in [1.82, 2.24) is 4.90 Å². The number of benzene rings is 1. The third-order valence-corrected chi connectivity index (χ3v) is 4.09. The first-order chi connectivity index (χ1) is 7.63. The molecule has 2 aliphatic rings. The van der Waals surface area contributed by atoms with Gasteiger partial charge in [0.2, 0.25) is 0 Å². The molecule has 0 amide bonds. The van der Waals surface area contributed by atoms with Crippen LogP contribution in [-0.4, -0.2) is 29.8 Å². The van der Waals surface area contributed by atoms with E-state index in [1.807, 2.05) is 6.07 Å². The summed E-state index contributed by atoms with van der Waals surface area (Å²) in [6, 6.07) is 8.87. The van der Waals surface area contributed by atoms with Crippen LogP contribution in [-0.2, 0) is 16.6 Å². The molecule has 1 spiro atoms. The van der Waals surface area contributed by atoms with Crippen molar-refractivity contribution < 1.29 is 4.79 Å². The SMILES string of the molecule is CC(C)N1CC2(C1)C(=O)Cc1ccccc12. The Hall–Kier alpha value is -1.15. The zero-order chi connectivity index (χ0) is 11.3. The van der Waals surface area contributed by atoms with Crippen LogP contribution in [0.3, 0.4) is 0 Å². The average molecular weight is 215 g/mol. The minimum atomic E-state index is -0.152. The Kier molecular flexibility index (Phi) is 1.99. The van der Waals surface area contributed by atoms with Crippen LogP contribution in [0.25, 0.3) is 0 Å². The summed E-state index contributed by atoms with van der Waals surface area (Å²) in [5.41, 5.74) is 2.38. The van der Waals surface area contributed by atoms with Crippen LogP contribution >= 0.6 is 0 Å². The molecule has 2 nitrogen and oxygen atoms in total. The van der Waals surface area contributed by atoms with Gasteiger partial charge >= 0.3 is 0 Å². The minimum Gasteiger partial charge on any atom is -0.298 e. The van der Waals surface area contributed by atoms with Crippen molar-refractivity contribution in [3.05, 3.63) is 35.4 Å². The van der Waals surface area contributed by atoms with Crippen molar-refractivity contribution in [3.8, 4) is 0 Å². The maximum absolute atomic E-state index is 12.2. The van der Waals surface area contributed by atoms with E-state index in [2.05, 4.69) is 36.9 Å². The molecule has 1 saturated heterocycles. The molecule has 0 saturated carbocycles. The van der Waals surface area contributed by atoms with Gasteiger partial charge in [-0.25, -0.2) is 0 Å². The lowest BCUT2D eigenvalue weighted by Crippen LogP contribution is -2.63. The molecule has 1 fully saturated rings. The largest absolute Gasteiger partial charge is 0.298 e. The number of ketones is 1. The highest BCUT2D eigenvalue weighted by molar-refractivity contribution is 5.98. The third kappa shape index (κ3) is 1.14. The summed E-state index contributed by atoms with van der Waals surface area (Å²) >= 11 is 0. The Morgan fingerprint density at radius 3 is 2.62 bits per heavy atom. The van der Waals surface area contributed by atoms with Gasteiger partial charge in [0.15, 0.2) is 0 Å². The van der Waals surface area contributed by atoms with Crippen LogP contribution in [0.4, 0.5) is 0 Å². The van der Waals surface area contributed by atoms with Gasteiger partial charge in [-0.3, -0.25) is 9.69 Å². The van der Waals surface area contributed by atoms with E-state index in [0.717, 1.165) is 13.1 Å². The molecule has 1 heterocycles. The van der Waals surface area contributed by atoms with Crippen molar-refractivity contribution >= 4 is 5.78 Å². The van der Waals surface area contributed by atoms with Crippen LogP contribution in [0, 0.1) is 0 Å². The van der Waals surface area contributed by atoms with E-state index in [9.17, 15) is 4.79 Å². The highest BCUT2D eigenvalue weighted by Crippen LogP contribution is 2.43. The number of nitrogens with zero attached hydrogens (tertiary/aromatic N) is 1. The van der Waals surface area contributed by atoms with Crippen LogP contribution in [0.2, 0.25) is 0 Å². The zero-order valence-electron chi connectivity index (χ0n) is 9.86. The molecule has 0 N–H and O–H groups in total. The summed E-state index contributed by atoms with van der Waals surface area (Å²) < 4.78 is 0. The van der Waals surface area contributed by atoms with Crippen LogP contribution < -0.4 is 0 Å². The number of hydrogen-bond donors (Lipinski definition) is 0. The average Bonchev–Trinajstić information content (AvgIpc) is 2.47. The van der Waals surface area contributed by atoms with Gasteiger partial charge in [0, 0.05) is 25.6 Å². The van der Waals surface area contributed by atoms with Crippen molar-refractivity contribution in [2.75, 3.05) is 13.1 Å². The molecular formula is C14H17NO. The molecule has 0 unspecified atom stereocenters. The second kappa shape index (κ2) is 3.17. The van der Waals surface area contributed by atoms with E-state index in [1.54, 1.807) is 0 Å². The van der Waals surface area contributed by atoms with Gasteiger partial charge in [0.05, 0.1) is 5.41 Å². The van der Waals surface area contributed by atoms with Crippen LogP contribution in [0.1, 0.15) is 25.0 Å². The molecule has 84 valence electrons. The Morgan fingerprint density at radius 2 is 1.94 bits per heavy atom. The predicted octanol–water partition coefficient (Wildman–Crippen LogP) is 1.77. The number of rotatable bonds is 1. The molecule has 0 radical (unpaired) electrons. The van der Waals surface area contributed by atoms with Crippen LogP contribution in [0.5, 0.6) is 0 Å². The number of hydrogen-bond acceptors (Lipinski definition) is 2. The Morgan fingerprint density at radius 1 is 1.25 bits per heavy atom. The second-order valence-electron chi connectivity index (χ2n) is 5.34. The quantitative estimate of drug-likeness (QED) is 0.711. The van der Waals surface area contributed by atoms with Gasteiger partial charge in [0.25, 0.3) is 0 Å². The van der Waals surface area contributed by atoms with E-state index in [0.29, 0.717) is 18.2 Å². The Balaban J connectivity index is 1.96. The fraction of sp³-hybridized carbons (Fsp3) is 0.500. The van der Waals surface area contributed by atoms with Crippen molar-refractivity contribution in [2.24, 2.45) is 0 Å². The zero-order valence-corrected chi connectivity index (χ0v) is 9.86. The molecule has 1 aromatic rings. The maximum Gasteiger partial charge on any atom is 0.150 e. The fourth-order valence-electron chi connectivity index (χ4n) is 2.99. The molecule has 0 aromatic heterocycles. The first kappa shape index (κ1) is 10.0. The number of Topliss-reactive ketones (excluding diaryl/α,β-unsaturated/α-hetero) is 1. The predicted molar refractivity (Wildman–Crippen MR) is 63.5 cm³/mol. The van der Waals surface area contributed by atoms with Gasteiger partial charge in [-0.15, -0.1) is 0 Å². The molecule has 1 aliphatic carbocycles. The van der Waals surface area contributed by atoms with E-state index in [-0.39, 0.29) is 5.41 Å². The summed E-state index contributed by atoms with van der Waals surface area (Å²) in [6.07, 6.45) is 0.641. The number of likely N-dealkylation sites (tertiary alicyclic amines) is 1. The fourth-order valence-corrected chi connectivity index (χ4v) is 2.99. The lowest BCUT2D eigenvalue weighted by Gasteiger charge is -2.49. The van der Waals surface area contributed by atoms with Crippen molar-refractivity contribution in [3.63, 3.8) is 0 Å². The third-order valence-electron chi connectivity index (χ3n) is 4.09. The summed E-state index contributed by atoms with van der Waals surface area (Å²) in [6.45, 7) is 6.22. The molecule has 2 heteroatoms. The monoisotopic (exact) mass is 215 g/mol. The van der Waals surface area contributed by atoms with Gasteiger partial charge in [-0.2, -0.15) is 0 Å². The first-order valence-corrected chi connectivity index (χ1v) is 5.99. The lowest BCUT2D eigenvalue weighted by atomic mass is 9.73. The molecular weight excluding hydrogens is 198 g/mol. The van der Waals surface area contributed by atoms with E-state index in [1.165, 1.54) is 11.1 Å². The maximum atomic E-state index is 12.2. The first-order valence-electron chi connectivity index (χ1n) is 5.99. The lowest BCUT2D eigenvalue weighted by molar-refractivity contribution is -0.130. The van der Waals surface area contributed by atoms with Gasteiger partial charge in [-0.1, -0.05) is 24.3 Å². The van der Waals surface area contributed by atoms with E-state index < -0.39 is 0 Å². The van der Waals surface area contributed by atoms with Crippen molar-refractivity contribution in [2.45, 2.75) is 31.7 Å². The molecule has 1 aromatic carbocycles. The number of fused-ring (bicyclic) bond motifs is 2. The van der Waals surface area contributed by atoms with E-state index in [4.69, 9.17) is 0 Å². The Bertz CT molecular complexity index is 444. The summed E-state index contributed by atoms with van der Waals surface area (Å²) in [5, 5.41) is 0. The normalized spacial score (nSPS) is 22.6.